The van der Waals surface area contributed by atoms with Crippen LogP contribution in [0, 0.1) is 10.1 Å². The molecular weight excluding hydrogens is 240 g/mol. The summed E-state index contributed by atoms with van der Waals surface area (Å²) in [6, 6.07) is 5.33. The highest BCUT2D eigenvalue weighted by Gasteiger charge is 2.17. The van der Waals surface area contributed by atoms with Crippen LogP contribution in [0.4, 0.5) is 5.69 Å². The van der Waals surface area contributed by atoms with Gasteiger partial charge in [-0.2, -0.15) is 0 Å². The lowest BCUT2D eigenvalue weighted by atomic mass is 10.1. The quantitative estimate of drug-likeness (QED) is 0.663. The number of nitro groups is 1. The molecule has 0 saturated heterocycles. The Kier molecular flexibility index (Phi) is 3.97. The van der Waals surface area contributed by atoms with Crippen molar-refractivity contribution in [2.75, 3.05) is 0 Å². The predicted molar refractivity (Wildman–Crippen MR) is 67.2 cm³/mol. The van der Waals surface area contributed by atoms with E-state index in [0.29, 0.717) is 23.2 Å². The molecule has 0 heterocycles. The van der Waals surface area contributed by atoms with Crippen molar-refractivity contribution in [1.29, 1.82) is 0 Å². The van der Waals surface area contributed by atoms with Crippen molar-refractivity contribution in [1.82, 2.24) is 5.32 Å². The molecule has 1 aromatic rings. The molecule has 1 fully saturated rings. The molecule has 1 aliphatic carbocycles. The van der Waals surface area contributed by atoms with E-state index in [1.54, 1.807) is 12.1 Å². The number of hydrogen-bond donors (Lipinski definition) is 1. The van der Waals surface area contributed by atoms with E-state index in [0.717, 1.165) is 0 Å². The maximum absolute atomic E-state index is 10.9. The van der Waals surface area contributed by atoms with Crippen molar-refractivity contribution in [2.24, 2.45) is 0 Å². The number of hydrogen-bond acceptors (Lipinski definition) is 3. The van der Waals surface area contributed by atoms with E-state index in [1.165, 1.54) is 31.7 Å². The van der Waals surface area contributed by atoms with Crippen LogP contribution in [0.2, 0.25) is 5.02 Å². The first-order valence-electron chi connectivity index (χ1n) is 5.83. The van der Waals surface area contributed by atoms with Gasteiger partial charge in [-0.15, -0.1) is 0 Å². The zero-order chi connectivity index (χ0) is 12.3. The van der Waals surface area contributed by atoms with Crippen LogP contribution in [-0.4, -0.2) is 11.0 Å². The minimum absolute atomic E-state index is 0.1000. The highest BCUT2D eigenvalue weighted by atomic mass is 35.5. The number of halogens is 1. The van der Waals surface area contributed by atoms with Gasteiger partial charge in [0.05, 0.1) is 4.92 Å². The third-order valence-electron chi connectivity index (χ3n) is 3.18. The molecule has 4 nitrogen and oxygen atoms in total. The van der Waals surface area contributed by atoms with E-state index >= 15 is 0 Å². The van der Waals surface area contributed by atoms with Crippen molar-refractivity contribution in [3.63, 3.8) is 0 Å². The van der Waals surface area contributed by atoms with Gasteiger partial charge >= 0.3 is 0 Å². The predicted octanol–water partition coefficient (Wildman–Crippen LogP) is 3.28. The van der Waals surface area contributed by atoms with Crippen molar-refractivity contribution in [2.45, 2.75) is 38.3 Å². The summed E-state index contributed by atoms with van der Waals surface area (Å²) in [5.41, 5.74) is 0.800. The van der Waals surface area contributed by atoms with Crippen LogP contribution in [0.15, 0.2) is 18.2 Å². The molecule has 0 unspecified atom stereocenters. The third-order valence-corrected chi connectivity index (χ3v) is 3.42. The molecule has 1 aliphatic rings. The maximum Gasteiger partial charge on any atom is 0.275 e. The SMILES string of the molecule is O=[N+]([O-])c1cc(Cl)ccc1CNC1CCCC1. The lowest BCUT2D eigenvalue weighted by molar-refractivity contribution is -0.385. The van der Waals surface area contributed by atoms with Crippen LogP contribution in [-0.2, 0) is 6.54 Å². The summed E-state index contributed by atoms with van der Waals surface area (Å²) in [4.78, 5) is 10.5. The lowest BCUT2D eigenvalue weighted by Crippen LogP contribution is -2.25. The minimum Gasteiger partial charge on any atom is -0.310 e. The summed E-state index contributed by atoms with van der Waals surface area (Å²) in [5.74, 6) is 0. The second-order valence-electron chi connectivity index (χ2n) is 4.39. The highest BCUT2D eigenvalue weighted by Crippen LogP contribution is 2.24. The van der Waals surface area contributed by atoms with Crippen molar-refractivity contribution in [3.8, 4) is 0 Å². The maximum atomic E-state index is 10.9. The molecule has 0 aromatic heterocycles. The molecule has 0 atom stereocenters. The van der Waals surface area contributed by atoms with Crippen molar-refractivity contribution < 1.29 is 4.92 Å². The fraction of sp³-hybridized carbons (Fsp3) is 0.500. The van der Waals surface area contributed by atoms with E-state index in [2.05, 4.69) is 5.32 Å². The Bertz CT molecular complexity index is 417. The van der Waals surface area contributed by atoms with Gasteiger partial charge < -0.3 is 5.32 Å². The van der Waals surface area contributed by atoms with Gasteiger partial charge in [-0.3, -0.25) is 10.1 Å². The minimum atomic E-state index is -0.377. The number of nitro benzene ring substituents is 1. The van der Waals surface area contributed by atoms with Gasteiger partial charge in [-0.25, -0.2) is 0 Å². The standard InChI is InChI=1S/C12H15ClN2O2/c13-10-6-5-9(12(7-10)15(16)17)8-14-11-3-1-2-4-11/h5-7,11,14H,1-4,8H2. The Balaban J connectivity index is 2.06. The summed E-state index contributed by atoms with van der Waals surface area (Å²) in [6.45, 7) is 0.540. The van der Waals surface area contributed by atoms with E-state index in [4.69, 9.17) is 11.6 Å². The summed E-state index contributed by atoms with van der Waals surface area (Å²) in [5, 5.41) is 14.7. The molecule has 1 N–H and O–H groups in total. The summed E-state index contributed by atoms with van der Waals surface area (Å²) in [6.07, 6.45) is 4.84. The Morgan fingerprint density at radius 1 is 1.41 bits per heavy atom. The zero-order valence-electron chi connectivity index (χ0n) is 9.49. The normalized spacial score (nSPS) is 16.3. The van der Waals surface area contributed by atoms with Crippen LogP contribution in [0.5, 0.6) is 0 Å². The summed E-state index contributed by atoms with van der Waals surface area (Å²) < 4.78 is 0. The molecule has 1 aromatic carbocycles. The molecule has 0 amide bonds. The summed E-state index contributed by atoms with van der Waals surface area (Å²) in [7, 11) is 0. The van der Waals surface area contributed by atoms with Gasteiger partial charge in [0, 0.05) is 29.2 Å². The van der Waals surface area contributed by atoms with E-state index in [9.17, 15) is 10.1 Å². The average Bonchev–Trinajstić information content (AvgIpc) is 2.80. The van der Waals surface area contributed by atoms with Gasteiger partial charge in [0.1, 0.15) is 0 Å². The van der Waals surface area contributed by atoms with Crippen LogP contribution in [0.25, 0.3) is 0 Å². The van der Waals surface area contributed by atoms with Crippen molar-refractivity contribution in [3.05, 3.63) is 38.9 Å². The van der Waals surface area contributed by atoms with Gasteiger partial charge in [-0.05, 0) is 25.0 Å². The van der Waals surface area contributed by atoms with Gasteiger partial charge in [-0.1, -0.05) is 24.4 Å². The van der Waals surface area contributed by atoms with Crippen LogP contribution in [0.1, 0.15) is 31.2 Å². The Morgan fingerprint density at radius 3 is 2.76 bits per heavy atom. The number of nitrogens with zero attached hydrogens (tertiary/aromatic N) is 1. The smallest absolute Gasteiger partial charge is 0.275 e. The second kappa shape index (κ2) is 5.47. The van der Waals surface area contributed by atoms with Gasteiger partial charge in [0.2, 0.25) is 0 Å². The van der Waals surface area contributed by atoms with Crippen molar-refractivity contribution >= 4 is 17.3 Å². The molecule has 2 rings (SSSR count). The monoisotopic (exact) mass is 254 g/mol. The first-order valence-corrected chi connectivity index (χ1v) is 6.21. The first kappa shape index (κ1) is 12.3. The fourth-order valence-electron chi connectivity index (χ4n) is 2.24. The molecular formula is C12H15ClN2O2. The topological polar surface area (TPSA) is 55.2 Å². The molecule has 0 bridgehead atoms. The molecule has 0 spiro atoms. The Labute approximate surface area is 105 Å². The number of nitrogens with one attached hydrogen (secondary N) is 1. The number of benzene rings is 1. The van der Waals surface area contributed by atoms with Crippen LogP contribution < -0.4 is 5.32 Å². The molecule has 5 heteroatoms. The van der Waals surface area contributed by atoms with E-state index < -0.39 is 0 Å². The molecule has 17 heavy (non-hydrogen) atoms. The second-order valence-corrected chi connectivity index (χ2v) is 4.83. The summed E-state index contributed by atoms with van der Waals surface area (Å²) >= 11 is 5.76. The molecule has 0 aliphatic heterocycles. The highest BCUT2D eigenvalue weighted by molar-refractivity contribution is 6.30. The van der Waals surface area contributed by atoms with Gasteiger partial charge in [0.25, 0.3) is 5.69 Å². The van der Waals surface area contributed by atoms with E-state index in [1.807, 2.05) is 0 Å². The average molecular weight is 255 g/mol. The van der Waals surface area contributed by atoms with E-state index in [-0.39, 0.29) is 10.6 Å². The Hall–Kier alpha value is -1.13. The number of rotatable bonds is 4. The first-order chi connectivity index (χ1) is 8.16. The van der Waals surface area contributed by atoms with Gasteiger partial charge in [0.15, 0.2) is 0 Å². The molecule has 1 saturated carbocycles. The zero-order valence-corrected chi connectivity index (χ0v) is 10.2. The molecule has 92 valence electrons. The lowest BCUT2D eigenvalue weighted by Gasteiger charge is -2.11. The largest absolute Gasteiger partial charge is 0.310 e. The van der Waals surface area contributed by atoms with Crippen LogP contribution in [0.3, 0.4) is 0 Å². The Morgan fingerprint density at radius 2 is 2.12 bits per heavy atom. The fourth-order valence-corrected chi connectivity index (χ4v) is 2.41. The molecule has 0 radical (unpaired) electrons. The third kappa shape index (κ3) is 3.17. The van der Waals surface area contributed by atoms with Crippen LogP contribution >= 0.6 is 11.6 Å².